The Morgan fingerprint density at radius 2 is 1.84 bits per heavy atom. The molecule has 0 saturated heterocycles. The van der Waals surface area contributed by atoms with Crippen molar-refractivity contribution in [1.82, 2.24) is 0 Å². The van der Waals surface area contributed by atoms with Crippen LogP contribution in [-0.4, -0.2) is 31.7 Å². The molecule has 1 rings (SSSR count). The van der Waals surface area contributed by atoms with Crippen LogP contribution in [0.1, 0.15) is 6.92 Å². The molecule has 0 saturated carbocycles. The Hall–Kier alpha value is -1.30. The molecule has 0 atom stereocenters. The summed E-state index contributed by atoms with van der Waals surface area (Å²) in [4.78, 5) is 22.7. The summed E-state index contributed by atoms with van der Waals surface area (Å²) in [6, 6.07) is 4.83. The van der Waals surface area contributed by atoms with E-state index < -0.39 is 18.5 Å². The fraction of sp³-hybridized carbons (Fsp3) is 0.333. The quantitative estimate of drug-likeness (QED) is 0.820. The number of amides is 1. The minimum absolute atomic E-state index is 0.184. The summed E-state index contributed by atoms with van der Waals surface area (Å²) in [7, 11) is 0. The van der Waals surface area contributed by atoms with Crippen molar-refractivity contribution >= 4 is 40.8 Å². The van der Waals surface area contributed by atoms with E-state index in [0.717, 1.165) is 0 Å². The van der Waals surface area contributed by atoms with Crippen molar-refractivity contribution in [3.63, 3.8) is 0 Å². The van der Waals surface area contributed by atoms with E-state index in [1.165, 1.54) is 0 Å². The Labute approximate surface area is 120 Å². The van der Waals surface area contributed by atoms with Gasteiger partial charge in [-0.1, -0.05) is 29.3 Å². The smallest absolute Gasteiger partial charge is 0.332 e. The number of anilines is 1. The normalized spacial score (nSPS) is 10.1. The Kier molecular flexibility index (Phi) is 6.62. The van der Waals surface area contributed by atoms with Gasteiger partial charge in [0.05, 0.1) is 15.7 Å². The average molecular weight is 306 g/mol. The Bertz CT molecular complexity index is 445. The van der Waals surface area contributed by atoms with Crippen LogP contribution in [0.15, 0.2) is 18.2 Å². The summed E-state index contributed by atoms with van der Waals surface area (Å²) in [6.07, 6.45) is 0. The molecule has 0 fully saturated rings. The lowest BCUT2D eigenvalue weighted by Gasteiger charge is -2.09. The monoisotopic (exact) mass is 305 g/mol. The predicted octanol–water partition coefficient (Wildman–Crippen LogP) is 2.51. The zero-order chi connectivity index (χ0) is 14.3. The number of hydrogen-bond donors (Lipinski definition) is 1. The molecule has 0 aliphatic heterocycles. The van der Waals surface area contributed by atoms with Crippen molar-refractivity contribution < 1.29 is 19.1 Å². The molecule has 0 aliphatic carbocycles. The van der Waals surface area contributed by atoms with Crippen LogP contribution < -0.4 is 5.32 Å². The second-order valence-electron chi connectivity index (χ2n) is 3.44. The van der Waals surface area contributed by atoms with Crippen LogP contribution in [0, 0.1) is 0 Å². The third-order valence-electron chi connectivity index (χ3n) is 2.02. The molecule has 0 heterocycles. The summed E-state index contributed by atoms with van der Waals surface area (Å²) < 4.78 is 9.53. The van der Waals surface area contributed by atoms with Crippen LogP contribution in [0.2, 0.25) is 10.0 Å². The summed E-state index contributed by atoms with van der Waals surface area (Å²) in [5.41, 5.74) is 0.289. The molecule has 0 spiro atoms. The standard InChI is InChI=1S/C12H13Cl2NO4/c1-2-18-7-11(17)19-6-10(16)15-12-8(13)4-3-5-9(12)14/h3-5H,2,6-7H2,1H3,(H,15,16). The first-order valence-corrected chi connectivity index (χ1v) is 6.27. The van der Waals surface area contributed by atoms with Gasteiger partial charge in [0.15, 0.2) is 6.61 Å². The number of carbonyl (C=O) groups is 2. The van der Waals surface area contributed by atoms with Gasteiger partial charge in [-0.25, -0.2) is 4.79 Å². The zero-order valence-electron chi connectivity index (χ0n) is 10.2. The van der Waals surface area contributed by atoms with E-state index in [1.54, 1.807) is 25.1 Å². The lowest BCUT2D eigenvalue weighted by Crippen LogP contribution is -2.23. The molecule has 0 aromatic heterocycles. The number of halogens is 2. The molecule has 1 amide bonds. The van der Waals surface area contributed by atoms with E-state index in [4.69, 9.17) is 32.7 Å². The van der Waals surface area contributed by atoms with Gasteiger partial charge in [0.1, 0.15) is 6.61 Å². The minimum atomic E-state index is -0.609. The van der Waals surface area contributed by atoms with Crippen molar-refractivity contribution in [1.29, 1.82) is 0 Å². The first kappa shape index (κ1) is 15.8. The summed E-state index contributed by atoms with van der Waals surface area (Å²) in [6.45, 7) is 1.54. The van der Waals surface area contributed by atoms with Crippen molar-refractivity contribution in [2.75, 3.05) is 25.1 Å². The van der Waals surface area contributed by atoms with Gasteiger partial charge in [-0.05, 0) is 19.1 Å². The lowest BCUT2D eigenvalue weighted by molar-refractivity contribution is -0.151. The molecule has 19 heavy (non-hydrogen) atoms. The van der Waals surface area contributed by atoms with Gasteiger partial charge in [-0.2, -0.15) is 0 Å². The molecular formula is C12H13Cl2NO4. The maximum absolute atomic E-state index is 11.5. The van der Waals surface area contributed by atoms with Crippen LogP contribution in [0.25, 0.3) is 0 Å². The van der Waals surface area contributed by atoms with Crippen LogP contribution in [0.3, 0.4) is 0 Å². The number of para-hydroxylation sites is 1. The second kappa shape index (κ2) is 7.99. The van der Waals surface area contributed by atoms with Gasteiger partial charge < -0.3 is 14.8 Å². The molecule has 104 valence electrons. The second-order valence-corrected chi connectivity index (χ2v) is 4.26. The van der Waals surface area contributed by atoms with E-state index in [2.05, 4.69) is 5.32 Å². The SMILES string of the molecule is CCOCC(=O)OCC(=O)Nc1c(Cl)cccc1Cl. The minimum Gasteiger partial charge on any atom is -0.454 e. The largest absolute Gasteiger partial charge is 0.454 e. The van der Waals surface area contributed by atoms with Crippen LogP contribution >= 0.6 is 23.2 Å². The fourth-order valence-electron chi connectivity index (χ4n) is 1.17. The highest BCUT2D eigenvalue weighted by Gasteiger charge is 2.11. The Morgan fingerprint density at radius 1 is 1.21 bits per heavy atom. The number of nitrogens with one attached hydrogen (secondary N) is 1. The molecular weight excluding hydrogens is 293 g/mol. The summed E-state index contributed by atoms with van der Waals surface area (Å²) in [5.74, 6) is -1.14. The molecule has 0 radical (unpaired) electrons. The van der Waals surface area contributed by atoms with E-state index in [9.17, 15) is 9.59 Å². The fourth-order valence-corrected chi connectivity index (χ4v) is 1.66. The van der Waals surface area contributed by atoms with Crippen LogP contribution in [0.5, 0.6) is 0 Å². The van der Waals surface area contributed by atoms with Gasteiger partial charge >= 0.3 is 5.97 Å². The zero-order valence-corrected chi connectivity index (χ0v) is 11.8. The first-order valence-electron chi connectivity index (χ1n) is 5.51. The summed E-state index contributed by atoms with van der Waals surface area (Å²) in [5, 5.41) is 3.08. The van der Waals surface area contributed by atoms with Crippen LogP contribution in [0.4, 0.5) is 5.69 Å². The topological polar surface area (TPSA) is 64.6 Å². The van der Waals surface area contributed by atoms with E-state index in [0.29, 0.717) is 16.7 Å². The van der Waals surface area contributed by atoms with Crippen LogP contribution in [-0.2, 0) is 19.1 Å². The number of carbonyl (C=O) groups excluding carboxylic acids is 2. The number of esters is 1. The lowest BCUT2D eigenvalue weighted by atomic mass is 10.3. The number of benzene rings is 1. The molecule has 1 aromatic rings. The Balaban J connectivity index is 2.45. The van der Waals surface area contributed by atoms with Crippen molar-refractivity contribution in [2.24, 2.45) is 0 Å². The molecule has 7 heteroatoms. The highest BCUT2D eigenvalue weighted by atomic mass is 35.5. The highest BCUT2D eigenvalue weighted by molar-refractivity contribution is 6.39. The number of rotatable bonds is 6. The van der Waals surface area contributed by atoms with Crippen molar-refractivity contribution in [3.8, 4) is 0 Å². The number of hydrogen-bond acceptors (Lipinski definition) is 4. The van der Waals surface area contributed by atoms with Gasteiger partial charge in [0, 0.05) is 6.61 Å². The highest BCUT2D eigenvalue weighted by Crippen LogP contribution is 2.29. The molecule has 0 bridgehead atoms. The van der Waals surface area contributed by atoms with Gasteiger partial charge in [-0.3, -0.25) is 4.79 Å². The van der Waals surface area contributed by atoms with E-state index in [-0.39, 0.29) is 12.3 Å². The first-order chi connectivity index (χ1) is 9.04. The maximum atomic E-state index is 11.5. The molecule has 0 unspecified atom stereocenters. The van der Waals surface area contributed by atoms with E-state index in [1.807, 2.05) is 0 Å². The third kappa shape index (κ3) is 5.46. The van der Waals surface area contributed by atoms with Crippen molar-refractivity contribution in [3.05, 3.63) is 28.2 Å². The van der Waals surface area contributed by atoms with Crippen molar-refractivity contribution in [2.45, 2.75) is 6.92 Å². The predicted molar refractivity (Wildman–Crippen MR) is 72.5 cm³/mol. The molecule has 1 N–H and O–H groups in total. The maximum Gasteiger partial charge on any atom is 0.332 e. The van der Waals surface area contributed by atoms with Gasteiger partial charge in [-0.15, -0.1) is 0 Å². The Morgan fingerprint density at radius 3 is 2.42 bits per heavy atom. The van der Waals surface area contributed by atoms with E-state index >= 15 is 0 Å². The van der Waals surface area contributed by atoms with Gasteiger partial charge in [0.2, 0.25) is 0 Å². The third-order valence-corrected chi connectivity index (χ3v) is 2.65. The van der Waals surface area contributed by atoms with Gasteiger partial charge in [0.25, 0.3) is 5.91 Å². The molecule has 0 aliphatic rings. The number of ether oxygens (including phenoxy) is 2. The molecule has 1 aromatic carbocycles. The molecule has 5 nitrogen and oxygen atoms in total. The average Bonchev–Trinajstić information content (AvgIpc) is 2.38. The summed E-state index contributed by atoms with van der Waals surface area (Å²) >= 11 is 11.8.